The van der Waals surface area contributed by atoms with Crippen molar-refractivity contribution in [3.05, 3.63) is 18.0 Å². The van der Waals surface area contributed by atoms with Gasteiger partial charge in [-0.05, 0) is 6.07 Å². The highest BCUT2D eigenvalue weighted by Crippen LogP contribution is 2.33. The van der Waals surface area contributed by atoms with Gasteiger partial charge in [-0.2, -0.15) is 0 Å². The van der Waals surface area contributed by atoms with Gasteiger partial charge < -0.3 is 4.74 Å². The van der Waals surface area contributed by atoms with Crippen molar-refractivity contribution < 1.29 is 21.9 Å². The maximum absolute atomic E-state index is 12.4. The summed E-state index contributed by atoms with van der Waals surface area (Å²) in [5, 5.41) is 0. The minimum Gasteiger partial charge on any atom is -0.493 e. The van der Waals surface area contributed by atoms with Crippen LogP contribution < -0.4 is 4.74 Å². The molecule has 0 aliphatic heterocycles. The van der Waals surface area contributed by atoms with E-state index in [1.165, 1.54) is 0 Å². The number of hydrogen-bond acceptors (Lipinski definition) is 4. The zero-order valence-corrected chi connectivity index (χ0v) is 9.02. The second-order valence-corrected chi connectivity index (χ2v) is 5.00. The van der Waals surface area contributed by atoms with E-state index in [2.05, 4.69) is 9.72 Å². The monoisotopic (exact) mass is 257 g/mol. The Morgan fingerprint density at radius 1 is 1.53 bits per heavy atom. The highest BCUT2D eigenvalue weighted by Gasteiger charge is 2.24. The standard InChI is InChI=1S/C7H6ClF2NO3S/c1-14-6-4(15(8,12)13)2-3-11-5(6)7(9)10/h2-3,7H,1H3. The number of halogens is 3. The van der Waals surface area contributed by atoms with Gasteiger partial charge in [0.15, 0.2) is 5.75 Å². The maximum Gasteiger partial charge on any atom is 0.284 e. The van der Waals surface area contributed by atoms with E-state index in [0.29, 0.717) is 0 Å². The first-order chi connectivity index (χ1) is 6.88. The number of hydrogen-bond donors (Lipinski definition) is 0. The Labute approximate surface area is 89.3 Å². The van der Waals surface area contributed by atoms with E-state index < -0.39 is 31.8 Å². The van der Waals surface area contributed by atoms with Gasteiger partial charge in [-0.3, -0.25) is 4.98 Å². The first-order valence-electron chi connectivity index (χ1n) is 3.63. The Balaban J connectivity index is 3.49. The summed E-state index contributed by atoms with van der Waals surface area (Å²) in [6.07, 6.45) is -2.00. The molecule has 0 aliphatic carbocycles. The van der Waals surface area contributed by atoms with E-state index in [0.717, 1.165) is 19.4 Å². The van der Waals surface area contributed by atoms with Gasteiger partial charge in [0.05, 0.1) is 7.11 Å². The largest absolute Gasteiger partial charge is 0.493 e. The van der Waals surface area contributed by atoms with Crippen LogP contribution >= 0.6 is 10.7 Å². The Bertz CT molecular complexity index is 463. The molecule has 1 aromatic heterocycles. The van der Waals surface area contributed by atoms with Crippen LogP contribution in [0.3, 0.4) is 0 Å². The molecule has 0 bridgehead atoms. The van der Waals surface area contributed by atoms with E-state index in [-0.39, 0.29) is 0 Å². The van der Waals surface area contributed by atoms with Gasteiger partial charge in [0.1, 0.15) is 10.6 Å². The second-order valence-electron chi connectivity index (χ2n) is 2.47. The molecule has 1 aromatic rings. The molecule has 4 nitrogen and oxygen atoms in total. The molecule has 0 fully saturated rings. The van der Waals surface area contributed by atoms with Crippen molar-refractivity contribution >= 4 is 19.7 Å². The number of aromatic nitrogens is 1. The number of ether oxygens (including phenoxy) is 1. The van der Waals surface area contributed by atoms with Gasteiger partial charge >= 0.3 is 0 Å². The van der Waals surface area contributed by atoms with Crippen LogP contribution in [0.1, 0.15) is 12.1 Å². The number of alkyl halides is 2. The van der Waals surface area contributed by atoms with Crippen LogP contribution in [0.5, 0.6) is 5.75 Å². The lowest BCUT2D eigenvalue weighted by Gasteiger charge is -2.09. The molecule has 0 amide bonds. The summed E-state index contributed by atoms with van der Waals surface area (Å²) in [5.74, 6) is -0.525. The number of rotatable bonds is 3. The van der Waals surface area contributed by atoms with Gasteiger partial charge in [0.2, 0.25) is 0 Å². The zero-order chi connectivity index (χ0) is 11.6. The highest BCUT2D eigenvalue weighted by atomic mass is 35.7. The lowest BCUT2D eigenvalue weighted by molar-refractivity contribution is 0.140. The fraction of sp³-hybridized carbons (Fsp3) is 0.286. The summed E-state index contributed by atoms with van der Waals surface area (Å²) in [6, 6.07) is 0.993. The molecule has 1 rings (SSSR count). The molecule has 0 saturated carbocycles. The van der Waals surface area contributed by atoms with Crippen LogP contribution in [-0.4, -0.2) is 20.5 Å². The van der Waals surface area contributed by atoms with Crippen molar-refractivity contribution in [1.82, 2.24) is 4.98 Å². The average Bonchev–Trinajstić information content (AvgIpc) is 2.15. The molecule has 8 heteroatoms. The Morgan fingerprint density at radius 3 is 2.53 bits per heavy atom. The van der Waals surface area contributed by atoms with E-state index in [4.69, 9.17) is 10.7 Å². The quantitative estimate of drug-likeness (QED) is 0.777. The van der Waals surface area contributed by atoms with Crippen LogP contribution in [0.4, 0.5) is 8.78 Å². The summed E-state index contributed by atoms with van der Waals surface area (Å²) in [5.41, 5.74) is -0.751. The van der Waals surface area contributed by atoms with Gasteiger partial charge in [-0.1, -0.05) is 0 Å². The normalized spacial score (nSPS) is 11.8. The average molecular weight is 258 g/mol. The minimum atomic E-state index is -4.13. The van der Waals surface area contributed by atoms with E-state index in [1.54, 1.807) is 0 Å². The van der Waals surface area contributed by atoms with Gasteiger partial charge in [0.25, 0.3) is 15.5 Å². The summed E-state index contributed by atoms with van der Waals surface area (Å²) in [7, 11) is 1.97. The van der Waals surface area contributed by atoms with Crippen molar-refractivity contribution in [2.45, 2.75) is 11.3 Å². The van der Waals surface area contributed by atoms with E-state index in [9.17, 15) is 17.2 Å². The van der Waals surface area contributed by atoms with E-state index >= 15 is 0 Å². The van der Waals surface area contributed by atoms with Crippen molar-refractivity contribution in [3.63, 3.8) is 0 Å². The molecular weight excluding hydrogens is 252 g/mol. The minimum absolute atomic E-state index is 0.517. The second kappa shape index (κ2) is 4.28. The smallest absolute Gasteiger partial charge is 0.284 e. The molecule has 0 spiro atoms. The lowest BCUT2D eigenvalue weighted by Crippen LogP contribution is -2.02. The molecule has 0 unspecified atom stereocenters. The molecule has 0 atom stereocenters. The Hall–Kier alpha value is -0.950. The van der Waals surface area contributed by atoms with Crippen LogP contribution in [-0.2, 0) is 9.05 Å². The van der Waals surface area contributed by atoms with Crippen LogP contribution in [0.15, 0.2) is 17.2 Å². The van der Waals surface area contributed by atoms with Crippen molar-refractivity contribution in [3.8, 4) is 5.75 Å². The SMILES string of the molecule is COc1c(S(=O)(=O)Cl)ccnc1C(F)F. The Morgan fingerprint density at radius 2 is 2.13 bits per heavy atom. The third-order valence-corrected chi connectivity index (χ3v) is 2.92. The van der Waals surface area contributed by atoms with E-state index in [1.807, 2.05) is 0 Å². The van der Waals surface area contributed by atoms with Crippen LogP contribution in [0.2, 0.25) is 0 Å². The molecule has 1 heterocycles. The fourth-order valence-electron chi connectivity index (χ4n) is 0.998. The molecule has 0 saturated heterocycles. The number of nitrogens with zero attached hydrogens (tertiary/aromatic N) is 1. The third kappa shape index (κ3) is 2.54. The molecule has 0 radical (unpaired) electrons. The molecule has 0 aromatic carbocycles. The first kappa shape index (κ1) is 12.1. The predicted octanol–water partition coefficient (Wildman–Crippen LogP) is 1.96. The molecular formula is C7H6ClF2NO3S. The topological polar surface area (TPSA) is 56.3 Å². The zero-order valence-electron chi connectivity index (χ0n) is 7.45. The lowest BCUT2D eigenvalue weighted by atomic mass is 10.3. The maximum atomic E-state index is 12.4. The molecule has 0 N–H and O–H groups in total. The summed E-state index contributed by atoms with van der Waals surface area (Å²) >= 11 is 0. The number of pyridine rings is 1. The Kier molecular flexibility index (Phi) is 3.46. The highest BCUT2D eigenvalue weighted by molar-refractivity contribution is 8.13. The van der Waals surface area contributed by atoms with Crippen LogP contribution in [0, 0.1) is 0 Å². The summed E-state index contributed by atoms with van der Waals surface area (Å²) < 4.78 is 51.4. The van der Waals surface area contributed by atoms with Crippen molar-refractivity contribution in [1.29, 1.82) is 0 Å². The van der Waals surface area contributed by atoms with Crippen molar-refractivity contribution in [2.75, 3.05) is 7.11 Å². The molecule has 0 aliphatic rings. The third-order valence-electron chi connectivity index (χ3n) is 1.57. The van der Waals surface area contributed by atoms with Crippen molar-refractivity contribution in [2.24, 2.45) is 0 Å². The first-order valence-corrected chi connectivity index (χ1v) is 5.94. The van der Waals surface area contributed by atoms with Crippen LogP contribution in [0.25, 0.3) is 0 Å². The summed E-state index contributed by atoms with van der Waals surface area (Å²) in [4.78, 5) is 2.81. The van der Waals surface area contributed by atoms with Gasteiger partial charge in [-0.25, -0.2) is 17.2 Å². The predicted molar refractivity (Wildman–Crippen MR) is 48.8 cm³/mol. The molecule has 84 valence electrons. The van der Waals surface area contributed by atoms with Gasteiger partial charge in [-0.15, -0.1) is 0 Å². The summed E-state index contributed by atoms with van der Waals surface area (Å²) in [6.45, 7) is 0. The molecule has 15 heavy (non-hydrogen) atoms. The number of methoxy groups -OCH3 is 1. The van der Waals surface area contributed by atoms with Gasteiger partial charge in [0, 0.05) is 16.9 Å². The fourth-order valence-corrected chi connectivity index (χ4v) is 2.00.